The third-order valence-electron chi connectivity index (χ3n) is 5.14. The molecule has 4 rings (SSSR count). The lowest BCUT2D eigenvalue weighted by molar-refractivity contribution is -0.116. The van der Waals surface area contributed by atoms with Gasteiger partial charge < -0.3 is 19.9 Å². The first-order chi connectivity index (χ1) is 16.0. The van der Waals surface area contributed by atoms with E-state index in [1.165, 1.54) is 20.4 Å². The third-order valence-corrected chi connectivity index (χ3v) is 7.00. The first-order valence-corrected chi connectivity index (χ1v) is 11.7. The van der Waals surface area contributed by atoms with Crippen LogP contribution in [0, 0.1) is 0 Å². The summed E-state index contributed by atoms with van der Waals surface area (Å²) in [5, 5.41) is 16.1. The molecule has 1 unspecified atom stereocenters. The Hall–Kier alpha value is -3.72. The number of benzene rings is 2. The number of para-hydroxylation sites is 1. The van der Waals surface area contributed by atoms with E-state index in [-0.39, 0.29) is 17.2 Å². The normalized spacial score (nSPS) is 16.8. The molecule has 2 aromatic carbocycles. The number of aliphatic imine (C=N–C) groups is 1. The molecule has 1 atom stereocenters. The molecule has 0 bridgehead atoms. The van der Waals surface area contributed by atoms with Crippen molar-refractivity contribution in [3.05, 3.63) is 65.4 Å². The van der Waals surface area contributed by atoms with Crippen molar-refractivity contribution in [1.29, 1.82) is 0 Å². The molecule has 170 valence electrons. The molecule has 1 aromatic heterocycles. The number of ether oxygens (including phenoxy) is 2. The predicted octanol–water partition coefficient (Wildman–Crippen LogP) is 2.88. The largest absolute Gasteiger partial charge is 0.508 e. The third kappa shape index (κ3) is 4.88. The van der Waals surface area contributed by atoms with Crippen LogP contribution in [-0.4, -0.2) is 59.0 Å². The molecule has 0 saturated carbocycles. The second-order valence-corrected chi connectivity index (χ2v) is 9.05. The summed E-state index contributed by atoms with van der Waals surface area (Å²) in [5.74, 6) is 0.350. The minimum absolute atomic E-state index is 0.0797. The second kappa shape index (κ2) is 9.83. The Morgan fingerprint density at radius 2 is 2.09 bits per heavy atom. The number of carbonyl (C=O) groups excluding carboxylic acids is 2. The average molecular weight is 466 g/mol. The Kier molecular flexibility index (Phi) is 6.69. The highest BCUT2D eigenvalue weighted by Crippen LogP contribution is 2.30. The number of nitrogens with one attached hydrogen (secondary N) is 1. The molecule has 33 heavy (non-hydrogen) atoms. The second-order valence-electron chi connectivity index (χ2n) is 7.28. The molecule has 2 heterocycles. The minimum Gasteiger partial charge on any atom is -0.508 e. The number of phenols is 1. The number of nitrogens with zero attached hydrogens (tertiary/aromatic N) is 2. The number of rotatable bonds is 6. The number of pyridine rings is 1. The van der Waals surface area contributed by atoms with Gasteiger partial charge in [-0.25, -0.2) is 4.79 Å². The number of hydrogen-bond acceptors (Lipinski definition) is 7. The molecule has 2 N–H and O–H groups in total. The van der Waals surface area contributed by atoms with Gasteiger partial charge in [0.1, 0.15) is 17.1 Å². The van der Waals surface area contributed by atoms with E-state index in [0.29, 0.717) is 40.5 Å². The van der Waals surface area contributed by atoms with Crippen LogP contribution in [0.4, 0.5) is 0 Å². The lowest BCUT2D eigenvalue weighted by atomic mass is 10.1. The molecular weight excluding hydrogens is 442 g/mol. The summed E-state index contributed by atoms with van der Waals surface area (Å²) in [6.45, 7) is 0.447. The summed E-state index contributed by atoms with van der Waals surface area (Å²) >= 11 is 0. The van der Waals surface area contributed by atoms with E-state index in [0.717, 1.165) is 11.1 Å². The first kappa shape index (κ1) is 22.5. The van der Waals surface area contributed by atoms with E-state index in [1.807, 2.05) is 35.7 Å². The zero-order valence-corrected chi connectivity index (χ0v) is 19.0. The Bertz CT molecular complexity index is 1300. The van der Waals surface area contributed by atoms with Gasteiger partial charge in [-0.1, -0.05) is 24.3 Å². The van der Waals surface area contributed by atoms with Crippen molar-refractivity contribution in [3.63, 3.8) is 0 Å². The number of esters is 1. The van der Waals surface area contributed by atoms with E-state index in [2.05, 4.69) is 15.3 Å². The molecule has 1 saturated heterocycles. The molecule has 0 spiro atoms. The summed E-state index contributed by atoms with van der Waals surface area (Å²) in [5.41, 5.74) is 2.59. The quantitative estimate of drug-likeness (QED) is 0.428. The van der Waals surface area contributed by atoms with Gasteiger partial charge in [0.05, 0.1) is 25.5 Å². The van der Waals surface area contributed by atoms with Crippen molar-refractivity contribution in [2.75, 3.05) is 26.5 Å². The molecule has 8 nitrogen and oxygen atoms in total. The summed E-state index contributed by atoms with van der Waals surface area (Å²) in [7, 11) is 2.27. The van der Waals surface area contributed by atoms with Gasteiger partial charge in [-0.15, -0.1) is 10.5 Å². The Morgan fingerprint density at radius 3 is 2.85 bits per heavy atom. The highest BCUT2D eigenvalue weighted by molar-refractivity contribution is 8.29. The van der Waals surface area contributed by atoms with Crippen molar-refractivity contribution < 1.29 is 24.2 Å². The van der Waals surface area contributed by atoms with Gasteiger partial charge in [-0.05, 0) is 41.1 Å². The van der Waals surface area contributed by atoms with E-state index < -0.39 is 16.5 Å². The number of aromatic hydroxyl groups is 1. The van der Waals surface area contributed by atoms with Gasteiger partial charge in [0.2, 0.25) is 5.91 Å². The van der Waals surface area contributed by atoms with Crippen molar-refractivity contribution in [2.24, 2.45) is 4.99 Å². The van der Waals surface area contributed by atoms with Crippen molar-refractivity contribution in [2.45, 2.75) is 6.42 Å². The summed E-state index contributed by atoms with van der Waals surface area (Å²) in [6.07, 6.45) is 2.01. The van der Waals surface area contributed by atoms with Crippen molar-refractivity contribution in [3.8, 4) is 11.5 Å². The van der Waals surface area contributed by atoms with Crippen LogP contribution in [0.1, 0.15) is 21.5 Å². The molecule has 1 amide bonds. The SMILES string of the molecule is COC(=O)c1cnc2ccc(C=S3CC(=O)NC3=NCCc3ccccc3O)cc2c1OC. The monoisotopic (exact) mass is 465 g/mol. The number of fused-ring (bicyclic) bond motifs is 1. The predicted molar refractivity (Wildman–Crippen MR) is 130 cm³/mol. The summed E-state index contributed by atoms with van der Waals surface area (Å²) in [6, 6.07) is 12.8. The molecule has 1 aliphatic rings. The zero-order chi connectivity index (χ0) is 23.4. The van der Waals surface area contributed by atoms with Gasteiger partial charge in [0.25, 0.3) is 0 Å². The number of hydrogen-bond donors (Lipinski definition) is 2. The van der Waals surface area contributed by atoms with Gasteiger partial charge >= 0.3 is 5.97 Å². The molecular formula is C24H23N3O5S. The smallest absolute Gasteiger partial charge is 0.343 e. The molecule has 0 radical (unpaired) electrons. The average Bonchev–Trinajstić information content (AvgIpc) is 3.17. The minimum atomic E-state index is -0.528. The van der Waals surface area contributed by atoms with Gasteiger partial charge in [0.15, 0.2) is 5.17 Å². The maximum absolute atomic E-state index is 12.1. The van der Waals surface area contributed by atoms with E-state index in [1.54, 1.807) is 12.1 Å². The topological polar surface area (TPSA) is 110 Å². The number of phenolic OH excluding ortho intramolecular Hbond substituents is 1. The summed E-state index contributed by atoms with van der Waals surface area (Å²) in [4.78, 5) is 33.1. The number of amides is 1. The van der Waals surface area contributed by atoms with Crippen LogP contribution in [-0.2, 0) is 16.0 Å². The van der Waals surface area contributed by atoms with Crippen LogP contribution < -0.4 is 10.1 Å². The maximum Gasteiger partial charge on any atom is 0.343 e. The van der Waals surface area contributed by atoms with Crippen LogP contribution in [0.3, 0.4) is 0 Å². The molecule has 1 aliphatic heterocycles. The fourth-order valence-electron chi connectivity index (χ4n) is 3.55. The number of carbonyl (C=O) groups is 2. The highest BCUT2D eigenvalue weighted by Gasteiger charge is 2.21. The molecule has 3 aromatic rings. The Morgan fingerprint density at radius 1 is 1.27 bits per heavy atom. The van der Waals surface area contributed by atoms with Crippen LogP contribution >= 0.6 is 10.5 Å². The van der Waals surface area contributed by atoms with Crippen LogP contribution in [0.5, 0.6) is 11.5 Å². The molecule has 1 fully saturated rings. The van der Waals surface area contributed by atoms with Gasteiger partial charge in [0, 0.05) is 18.1 Å². The number of amidine groups is 1. The van der Waals surface area contributed by atoms with E-state index >= 15 is 0 Å². The van der Waals surface area contributed by atoms with Gasteiger partial charge in [-0.2, -0.15) is 0 Å². The van der Waals surface area contributed by atoms with Crippen LogP contribution in [0.15, 0.2) is 53.7 Å². The van der Waals surface area contributed by atoms with Crippen LogP contribution in [0.2, 0.25) is 0 Å². The maximum atomic E-state index is 12.1. The lowest BCUT2D eigenvalue weighted by Crippen LogP contribution is -2.20. The van der Waals surface area contributed by atoms with E-state index in [4.69, 9.17) is 9.47 Å². The van der Waals surface area contributed by atoms with Gasteiger partial charge in [-0.3, -0.25) is 14.8 Å². The first-order valence-electron chi connectivity index (χ1n) is 10.2. The molecule has 0 aliphatic carbocycles. The van der Waals surface area contributed by atoms with E-state index in [9.17, 15) is 14.7 Å². The summed E-state index contributed by atoms with van der Waals surface area (Å²) < 4.78 is 10.3. The standard InChI is InChI=1S/C24H23N3O5S/c1-31-22-17-11-15(7-8-19(17)26-12-18(22)23(30)32-2)13-33-14-21(29)27-24(33)25-10-9-16-5-3-4-6-20(16)28/h3-8,11-13,28H,9-10,14H2,1-2H3,(H,25,27,29). The van der Waals surface area contributed by atoms with Crippen molar-refractivity contribution in [1.82, 2.24) is 10.3 Å². The Labute approximate surface area is 193 Å². The van der Waals surface area contributed by atoms with Crippen molar-refractivity contribution >= 4 is 43.8 Å². The Balaban J connectivity index is 1.64. The number of methoxy groups -OCH3 is 2. The van der Waals surface area contributed by atoms with Crippen LogP contribution in [0.25, 0.3) is 10.9 Å². The molecule has 9 heteroatoms. The zero-order valence-electron chi connectivity index (χ0n) is 18.2. The highest BCUT2D eigenvalue weighted by atomic mass is 32.2. The lowest BCUT2D eigenvalue weighted by Gasteiger charge is -2.10. The fourth-order valence-corrected chi connectivity index (χ4v) is 5.21. The fraction of sp³-hybridized carbons (Fsp3) is 0.208. The number of aromatic nitrogens is 1.